The highest BCUT2D eigenvalue weighted by atomic mass is 19.4. The third kappa shape index (κ3) is 3.12. The second kappa shape index (κ2) is 5.55. The number of hydrogen-bond donors (Lipinski definition) is 3. The van der Waals surface area contributed by atoms with Gasteiger partial charge in [-0.15, -0.1) is 0 Å². The molecule has 0 aliphatic rings. The zero-order valence-electron chi connectivity index (χ0n) is 9.61. The fourth-order valence-electron chi connectivity index (χ4n) is 1.47. The molecule has 7 heteroatoms. The van der Waals surface area contributed by atoms with Crippen LogP contribution in [-0.2, 0) is 6.18 Å². The smallest absolute Gasteiger partial charge is 0.416 e. The molecule has 0 aromatic heterocycles. The molecule has 0 saturated heterocycles. The van der Waals surface area contributed by atoms with Gasteiger partial charge in [0.25, 0.3) is 0 Å². The van der Waals surface area contributed by atoms with Crippen LogP contribution in [0.25, 0.3) is 0 Å². The van der Waals surface area contributed by atoms with Crippen molar-refractivity contribution in [2.24, 2.45) is 5.73 Å². The van der Waals surface area contributed by atoms with Crippen molar-refractivity contribution in [1.82, 2.24) is 0 Å². The zero-order chi connectivity index (χ0) is 13.9. The first kappa shape index (κ1) is 14.7. The third-order valence-electron chi connectivity index (χ3n) is 2.49. The number of alkyl halides is 3. The summed E-state index contributed by atoms with van der Waals surface area (Å²) < 4.78 is 42.2. The second-order valence-electron chi connectivity index (χ2n) is 3.70. The molecule has 102 valence electrons. The molecule has 2 unspecified atom stereocenters. The fourth-order valence-corrected chi connectivity index (χ4v) is 1.47. The van der Waals surface area contributed by atoms with Crippen LogP contribution in [0.15, 0.2) is 18.2 Å². The molecular formula is C11H14F3NO3. The maximum Gasteiger partial charge on any atom is 0.416 e. The van der Waals surface area contributed by atoms with Crippen LogP contribution in [0.5, 0.6) is 5.75 Å². The Balaban J connectivity index is 3.15. The molecular weight excluding hydrogens is 251 g/mol. The SMILES string of the molecule is COc1cc(C(F)(F)F)ccc1C(O)C(O)CN. The van der Waals surface area contributed by atoms with E-state index in [9.17, 15) is 23.4 Å². The van der Waals surface area contributed by atoms with Crippen molar-refractivity contribution in [1.29, 1.82) is 0 Å². The van der Waals surface area contributed by atoms with Gasteiger partial charge in [-0.05, 0) is 12.1 Å². The number of ether oxygens (including phenoxy) is 1. The highest BCUT2D eigenvalue weighted by Crippen LogP contribution is 2.35. The largest absolute Gasteiger partial charge is 0.496 e. The van der Waals surface area contributed by atoms with Crippen molar-refractivity contribution in [3.63, 3.8) is 0 Å². The van der Waals surface area contributed by atoms with E-state index < -0.39 is 23.9 Å². The van der Waals surface area contributed by atoms with Crippen LogP contribution >= 0.6 is 0 Å². The third-order valence-corrected chi connectivity index (χ3v) is 2.49. The minimum Gasteiger partial charge on any atom is -0.496 e. The lowest BCUT2D eigenvalue weighted by Crippen LogP contribution is -2.27. The lowest BCUT2D eigenvalue weighted by molar-refractivity contribution is -0.137. The number of methoxy groups -OCH3 is 1. The molecule has 0 aliphatic heterocycles. The minimum absolute atomic E-state index is 0.0588. The first-order chi connectivity index (χ1) is 8.31. The lowest BCUT2D eigenvalue weighted by Gasteiger charge is -2.20. The topological polar surface area (TPSA) is 75.7 Å². The monoisotopic (exact) mass is 265 g/mol. The number of benzene rings is 1. The maximum atomic E-state index is 12.5. The summed E-state index contributed by atoms with van der Waals surface area (Å²) in [6.45, 7) is -0.217. The average Bonchev–Trinajstić information content (AvgIpc) is 2.35. The fraction of sp³-hybridized carbons (Fsp3) is 0.455. The van der Waals surface area contributed by atoms with Gasteiger partial charge in [-0.1, -0.05) is 6.07 Å². The number of rotatable bonds is 4. The van der Waals surface area contributed by atoms with Crippen molar-refractivity contribution in [3.8, 4) is 5.75 Å². The molecule has 0 heterocycles. The normalized spacial score (nSPS) is 15.3. The summed E-state index contributed by atoms with van der Waals surface area (Å²) in [6, 6.07) is 2.64. The average molecular weight is 265 g/mol. The molecule has 0 radical (unpaired) electrons. The van der Waals surface area contributed by atoms with Crippen molar-refractivity contribution in [2.45, 2.75) is 18.4 Å². The van der Waals surface area contributed by atoms with Crippen molar-refractivity contribution in [3.05, 3.63) is 29.3 Å². The zero-order valence-corrected chi connectivity index (χ0v) is 9.61. The van der Waals surface area contributed by atoms with E-state index >= 15 is 0 Å². The molecule has 1 aromatic carbocycles. The second-order valence-corrected chi connectivity index (χ2v) is 3.70. The quantitative estimate of drug-likeness (QED) is 0.761. The van der Waals surface area contributed by atoms with Gasteiger partial charge in [-0.3, -0.25) is 0 Å². The summed E-state index contributed by atoms with van der Waals surface area (Å²) in [5.41, 5.74) is 4.34. The van der Waals surface area contributed by atoms with Crippen LogP contribution in [0.2, 0.25) is 0 Å². The summed E-state index contributed by atoms with van der Waals surface area (Å²) >= 11 is 0. The van der Waals surface area contributed by atoms with Gasteiger partial charge < -0.3 is 20.7 Å². The van der Waals surface area contributed by atoms with E-state index in [1.807, 2.05) is 0 Å². The predicted octanol–water partition coefficient (Wildman–Crippen LogP) is 1.07. The number of aliphatic hydroxyl groups is 2. The van der Waals surface area contributed by atoms with E-state index in [1.54, 1.807) is 0 Å². The lowest BCUT2D eigenvalue weighted by atomic mass is 10.0. The molecule has 0 aliphatic carbocycles. The first-order valence-corrected chi connectivity index (χ1v) is 5.12. The molecule has 4 nitrogen and oxygen atoms in total. The molecule has 0 saturated carbocycles. The van der Waals surface area contributed by atoms with Crippen LogP contribution < -0.4 is 10.5 Å². The van der Waals surface area contributed by atoms with Crippen LogP contribution in [0, 0.1) is 0 Å². The van der Waals surface area contributed by atoms with Gasteiger partial charge in [-0.25, -0.2) is 0 Å². The van der Waals surface area contributed by atoms with Gasteiger partial charge in [0.2, 0.25) is 0 Å². The molecule has 0 fully saturated rings. The van der Waals surface area contributed by atoms with Crippen LogP contribution in [-0.4, -0.2) is 30.0 Å². The highest BCUT2D eigenvalue weighted by Gasteiger charge is 2.32. The highest BCUT2D eigenvalue weighted by molar-refractivity contribution is 5.40. The Labute approximate surface area is 102 Å². The Hall–Kier alpha value is -1.31. The van der Waals surface area contributed by atoms with Gasteiger partial charge in [0.1, 0.15) is 11.9 Å². The minimum atomic E-state index is -4.50. The number of nitrogens with two attached hydrogens (primary N) is 1. The van der Waals surface area contributed by atoms with E-state index in [1.165, 1.54) is 7.11 Å². The van der Waals surface area contributed by atoms with Gasteiger partial charge in [0.05, 0.1) is 18.8 Å². The Morgan fingerprint density at radius 2 is 1.94 bits per heavy atom. The molecule has 1 aromatic rings. The molecule has 4 N–H and O–H groups in total. The number of aliphatic hydroxyl groups excluding tert-OH is 2. The van der Waals surface area contributed by atoms with Gasteiger partial charge >= 0.3 is 6.18 Å². The standard InChI is InChI=1S/C11H14F3NO3/c1-18-9-4-6(11(12,13)14)2-3-7(9)10(17)8(16)5-15/h2-4,8,10,16-17H,5,15H2,1H3. The van der Waals surface area contributed by atoms with Crippen molar-refractivity contribution >= 4 is 0 Å². The van der Waals surface area contributed by atoms with Gasteiger partial charge in [0.15, 0.2) is 0 Å². The maximum absolute atomic E-state index is 12.5. The Morgan fingerprint density at radius 1 is 1.33 bits per heavy atom. The summed E-state index contributed by atoms with van der Waals surface area (Å²) in [4.78, 5) is 0. The van der Waals surface area contributed by atoms with E-state index in [2.05, 4.69) is 0 Å². The van der Waals surface area contributed by atoms with Crippen molar-refractivity contribution < 1.29 is 28.1 Å². The summed E-state index contributed by atoms with van der Waals surface area (Å²) in [6.07, 6.45) is -7.16. The Bertz CT molecular complexity index is 409. The molecule has 1 rings (SSSR count). The molecule has 0 bridgehead atoms. The van der Waals surface area contributed by atoms with Gasteiger partial charge in [-0.2, -0.15) is 13.2 Å². The van der Waals surface area contributed by atoms with E-state index in [4.69, 9.17) is 10.5 Å². The van der Waals surface area contributed by atoms with Crippen LogP contribution in [0.4, 0.5) is 13.2 Å². The van der Waals surface area contributed by atoms with E-state index in [0.29, 0.717) is 0 Å². The summed E-state index contributed by atoms with van der Waals surface area (Å²) in [5, 5.41) is 19.1. The van der Waals surface area contributed by atoms with Crippen LogP contribution in [0.3, 0.4) is 0 Å². The van der Waals surface area contributed by atoms with Crippen molar-refractivity contribution in [2.75, 3.05) is 13.7 Å². The molecule has 0 spiro atoms. The van der Waals surface area contributed by atoms with Gasteiger partial charge in [0, 0.05) is 12.1 Å². The summed E-state index contributed by atoms with van der Waals surface area (Å²) in [5.74, 6) is -0.148. The molecule has 18 heavy (non-hydrogen) atoms. The number of hydrogen-bond acceptors (Lipinski definition) is 4. The first-order valence-electron chi connectivity index (χ1n) is 5.12. The van der Waals surface area contributed by atoms with E-state index in [-0.39, 0.29) is 17.9 Å². The number of halogens is 3. The van der Waals surface area contributed by atoms with E-state index in [0.717, 1.165) is 18.2 Å². The Kier molecular flexibility index (Phi) is 4.55. The van der Waals surface area contributed by atoms with Crippen LogP contribution in [0.1, 0.15) is 17.2 Å². The predicted molar refractivity (Wildman–Crippen MR) is 58.0 cm³/mol. The Morgan fingerprint density at radius 3 is 2.39 bits per heavy atom. The molecule has 2 atom stereocenters. The summed E-state index contributed by atoms with van der Waals surface area (Å²) in [7, 11) is 1.18. The molecule has 0 amide bonds.